The molecule has 0 spiro atoms. The zero-order valence-corrected chi connectivity index (χ0v) is 9.31. The summed E-state index contributed by atoms with van der Waals surface area (Å²) >= 11 is 0. The zero-order chi connectivity index (χ0) is 12.3. The number of nitrogens with zero attached hydrogens (tertiary/aromatic N) is 2. The van der Waals surface area contributed by atoms with Gasteiger partial charge in [0.15, 0.2) is 0 Å². The van der Waals surface area contributed by atoms with Crippen LogP contribution >= 0.6 is 0 Å². The molecule has 17 heavy (non-hydrogen) atoms. The molecule has 1 aromatic rings. The van der Waals surface area contributed by atoms with E-state index in [1.165, 1.54) is 6.20 Å². The van der Waals surface area contributed by atoms with Gasteiger partial charge in [0.25, 0.3) is 0 Å². The first kappa shape index (κ1) is 11.4. The van der Waals surface area contributed by atoms with Gasteiger partial charge in [-0.2, -0.15) is 5.26 Å². The molecule has 1 aromatic heterocycles. The fraction of sp³-hybridized carbons (Fsp3) is 0.417. The van der Waals surface area contributed by atoms with Crippen LogP contribution in [0.25, 0.3) is 0 Å². The van der Waals surface area contributed by atoms with Crippen LogP contribution in [0.3, 0.4) is 0 Å². The lowest BCUT2D eigenvalue weighted by Gasteiger charge is -2.37. The van der Waals surface area contributed by atoms with Gasteiger partial charge in [0.1, 0.15) is 5.82 Å². The minimum atomic E-state index is -0.757. The first-order chi connectivity index (χ1) is 8.16. The van der Waals surface area contributed by atoms with Gasteiger partial charge in [0.2, 0.25) is 0 Å². The highest BCUT2D eigenvalue weighted by atomic mass is 16.4. The number of pyridine rings is 1. The van der Waals surface area contributed by atoms with E-state index in [-0.39, 0.29) is 0 Å². The zero-order valence-electron chi connectivity index (χ0n) is 9.31. The van der Waals surface area contributed by atoms with Crippen LogP contribution in [-0.2, 0) is 4.79 Å². The topological polar surface area (TPSA) is 86.0 Å². The van der Waals surface area contributed by atoms with Crippen molar-refractivity contribution in [2.45, 2.75) is 19.3 Å². The Kier molecular flexibility index (Phi) is 2.96. The molecule has 0 aromatic carbocycles. The van der Waals surface area contributed by atoms with Gasteiger partial charge in [-0.3, -0.25) is 4.79 Å². The molecule has 88 valence electrons. The SMILES string of the molecule is N#Cc1ccnc(NCC2(C(=O)O)CCC2)c1. The number of carbonyl (C=O) groups is 1. The summed E-state index contributed by atoms with van der Waals surface area (Å²) in [6.07, 6.45) is 3.90. The first-order valence-corrected chi connectivity index (χ1v) is 5.50. The van der Waals surface area contributed by atoms with Crippen molar-refractivity contribution >= 4 is 11.8 Å². The van der Waals surface area contributed by atoms with Crippen LogP contribution in [0.15, 0.2) is 18.3 Å². The Labute approximate surface area is 99.1 Å². The van der Waals surface area contributed by atoms with Gasteiger partial charge in [-0.15, -0.1) is 0 Å². The number of rotatable bonds is 4. The second-order valence-electron chi connectivity index (χ2n) is 4.33. The summed E-state index contributed by atoms with van der Waals surface area (Å²) in [6, 6.07) is 5.25. The van der Waals surface area contributed by atoms with Gasteiger partial charge in [0, 0.05) is 12.7 Å². The highest BCUT2D eigenvalue weighted by Crippen LogP contribution is 2.41. The predicted molar refractivity (Wildman–Crippen MR) is 61.4 cm³/mol. The number of nitriles is 1. The lowest BCUT2D eigenvalue weighted by atomic mass is 9.69. The third kappa shape index (κ3) is 2.21. The number of hydrogen-bond donors (Lipinski definition) is 2. The van der Waals surface area contributed by atoms with Crippen molar-refractivity contribution in [1.82, 2.24) is 4.98 Å². The quantitative estimate of drug-likeness (QED) is 0.822. The van der Waals surface area contributed by atoms with Crippen molar-refractivity contribution in [2.75, 3.05) is 11.9 Å². The lowest BCUT2D eigenvalue weighted by molar-refractivity contribution is -0.153. The van der Waals surface area contributed by atoms with E-state index in [0.29, 0.717) is 30.8 Å². The molecule has 1 aliphatic carbocycles. The Hall–Kier alpha value is -2.09. The molecule has 2 N–H and O–H groups in total. The number of anilines is 1. The fourth-order valence-corrected chi connectivity index (χ4v) is 1.93. The summed E-state index contributed by atoms with van der Waals surface area (Å²) in [6.45, 7) is 0.365. The molecule has 0 saturated heterocycles. The van der Waals surface area contributed by atoms with Crippen LogP contribution in [0.1, 0.15) is 24.8 Å². The number of aliphatic carboxylic acids is 1. The first-order valence-electron chi connectivity index (χ1n) is 5.50. The van der Waals surface area contributed by atoms with Gasteiger partial charge >= 0.3 is 5.97 Å². The molecule has 5 heteroatoms. The van der Waals surface area contributed by atoms with Crippen LogP contribution < -0.4 is 5.32 Å². The van der Waals surface area contributed by atoms with Crippen molar-refractivity contribution < 1.29 is 9.90 Å². The molecular weight excluding hydrogens is 218 g/mol. The average molecular weight is 231 g/mol. The van der Waals surface area contributed by atoms with E-state index in [0.717, 1.165) is 6.42 Å². The third-order valence-electron chi connectivity index (χ3n) is 3.26. The molecule has 0 radical (unpaired) electrons. The predicted octanol–water partition coefficient (Wildman–Crippen LogP) is 1.62. The minimum Gasteiger partial charge on any atom is -0.481 e. The molecule has 0 atom stereocenters. The second kappa shape index (κ2) is 4.42. The number of hydrogen-bond acceptors (Lipinski definition) is 4. The summed E-state index contributed by atoms with van der Waals surface area (Å²) in [7, 11) is 0. The molecule has 2 rings (SSSR count). The fourth-order valence-electron chi connectivity index (χ4n) is 1.93. The van der Waals surface area contributed by atoms with Gasteiger partial charge in [-0.05, 0) is 25.0 Å². The largest absolute Gasteiger partial charge is 0.481 e. The maximum absolute atomic E-state index is 11.1. The van der Waals surface area contributed by atoms with Crippen LogP contribution in [-0.4, -0.2) is 22.6 Å². The van der Waals surface area contributed by atoms with E-state index in [4.69, 9.17) is 10.4 Å². The lowest BCUT2D eigenvalue weighted by Crippen LogP contribution is -2.43. The van der Waals surface area contributed by atoms with Crippen LogP contribution in [0.4, 0.5) is 5.82 Å². The Balaban J connectivity index is 2.02. The number of nitrogens with one attached hydrogen (secondary N) is 1. The molecular formula is C12H13N3O2. The Morgan fingerprint density at radius 3 is 2.94 bits per heavy atom. The highest BCUT2D eigenvalue weighted by Gasteiger charge is 2.44. The molecule has 5 nitrogen and oxygen atoms in total. The summed E-state index contributed by atoms with van der Waals surface area (Å²) < 4.78 is 0. The smallest absolute Gasteiger partial charge is 0.311 e. The highest BCUT2D eigenvalue weighted by molar-refractivity contribution is 5.76. The summed E-state index contributed by atoms with van der Waals surface area (Å²) in [5.74, 6) is -0.204. The number of carboxylic acid groups (broad SMARTS) is 1. The van der Waals surface area contributed by atoms with Crippen LogP contribution in [0.2, 0.25) is 0 Å². The summed E-state index contributed by atoms with van der Waals surface area (Å²) in [4.78, 5) is 15.2. The molecule has 0 amide bonds. The van der Waals surface area contributed by atoms with Crippen molar-refractivity contribution in [3.63, 3.8) is 0 Å². The van der Waals surface area contributed by atoms with Gasteiger partial charge in [-0.1, -0.05) is 6.42 Å². The molecule has 1 saturated carbocycles. The molecule has 1 aliphatic rings. The Morgan fingerprint density at radius 2 is 2.41 bits per heavy atom. The molecule has 1 fully saturated rings. The van der Waals surface area contributed by atoms with Crippen LogP contribution in [0, 0.1) is 16.7 Å². The van der Waals surface area contributed by atoms with Crippen LogP contribution in [0.5, 0.6) is 0 Å². The molecule has 0 aliphatic heterocycles. The Morgan fingerprint density at radius 1 is 1.65 bits per heavy atom. The van der Waals surface area contributed by atoms with E-state index < -0.39 is 11.4 Å². The Bertz CT molecular complexity index is 475. The molecule has 1 heterocycles. The van der Waals surface area contributed by atoms with Gasteiger partial charge < -0.3 is 10.4 Å². The van der Waals surface area contributed by atoms with Crippen molar-refractivity contribution in [3.05, 3.63) is 23.9 Å². The van der Waals surface area contributed by atoms with E-state index in [9.17, 15) is 4.79 Å². The molecule has 0 unspecified atom stereocenters. The molecule has 0 bridgehead atoms. The van der Waals surface area contributed by atoms with Crippen molar-refractivity contribution in [1.29, 1.82) is 5.26 Å². The maximum atomic E-state index is 11.1. The summed E-state index contributed by atoms with van der Waals surface area (Å²) in [5, 5.41) is 20.9. The maximum Gasteiger partial charge on any atom is 0.311 e. The van der Waals surface area contributed by atoms with Crippen molar-refractivity contribution in [3.8, 4) is 6.07 Å². The van der Waals surface area contributed by atoms with E-state index >= 15 is 0 Å². The average Bonchev–Trinajstić information content (AvgIpc) is 2.27. The number of aromatic nitrogens is 1. The normalized spacial score (nSPS) is 16.6. The summed E-state index contributed by atoms with van der Waals surface area (Å²) in [5.41, 5.74) is -0.134. The standard InChI is InChI=1S/C12H13N3O2/c13-7-9-2-5-14-10(6-9)15-8-12(11(16)17)3-1-4-12/h2,5-6H,1,3-4,8H2,(H,14,15)(H,16,17). The van der Waals surface area contributed by atoms with E-state index in [1.807, 2.05) is 6.07 Å². The minimum absolute atomic E-state index is 0.365. The van der Waals surface area contributed by atoms with E-state index in [1.54, 1.807) is 12.1 Å². The van der Waals surface area contributed by atoms with Gasteiger partial charge in [0.05, 0.1) is 17.0 Å². The number of carboxylic acids is 1. The monoisotopic (exact) mass is 231 g/mol. The van der Waals surface area contributed by atoms with Gasteiger partial charge in [-0.25, -0.2) is 4.98 Å². The van der Waals surface area contributed by atoms with E-state index in [2.05, 4.69) is 10.3 Å². The third-order valence-corrected chi connectivity index (χ3v) is 3.26. The second-order valence-corrected chi connectivity index (χ2v) is 4.33. The van der Waals surface area contributed by atoms with Crippen molar-refractivity contribution in [2.24, 2.45) is 5.41 Å².